The zero-order valence-corrected chi connectivity index (χ0v) is 14.2. The molecule has 1 aromatic carbocycles. The monoisotopic (exact) mass is 347 g/mol. The Balaban J connectivity index is 2.15. The molecular formula is C16H23F2NO3S. The van der Waals surface area contributed by atoms with Gasteiger partial charge in [0.05, 0.1) is 16.9 Å². The van der Waals surface area contributed by atoms with E-state index in [1.807, 2.05) is 0 Å². The van der Waals surface area contributed by atoms with Crippen LogP contribution in [-0.2, 0) is 9.84 Å². The molecule has 1 fully saturated rings. The predicted octanol–water partition coefficient (Wildman–Crippen LogP) is 2.29. The van der Waals surface area contributed by atoms with Gasteiger partial charge in [0.1, 0.15) is 11.6 Å². The molecule has 0 amide bonds. The topological polar surface area (TPSA) is 57.6 Å². The molecule has 0 bridgehead atoms. The Hall–Kier alpha value is -1.05. The van der Waals surface area contributed by atoms with Crippen molar-refractivity contribution in [1.82, 2.24) is 4.90 Å². The zero-order valence-electron chi connectivity index (χ0n) is 13.4. The van der Waals surface area contributed by atoms with Gasteiger partial charge in [-0.25, -0.2) is 17.2 Å². The van der Waals surface area contributed by atoms with Crippen LogP contribution in [0.4, 0.5) is 8.78 Å². The Bertz CT molecular complexity index is 630. The Morgan fingerprint density at radius 3 is 2.39 bits per heavy atom. The lowest BCUT2D eigenvalue weighted by Crippen LogP contribution is -2.48. The fraction of sp³-hybridized carbons (Fsp3) is 0.625. The van der Waals surface area contributed by atoms with E-state index < -0.39 is 32.8 Å². The molecular weight excluding hydrogens is 324 g/mol. The normalized spacial score (nSPS) is 23.9. The van der Waals surface area contributed by atoms with Crippen LogP contribution in [0.25, 0.3) is 0 Å². The van der Waals surface area contributed by atoms with E-state index in [9.17, 15) is 22.3 Å². The number of rotatable bonds is 5. The minimum absolute atomic E-state index is 0.0193. The van der Waals surface area contributed by atoms with Gasteiger partial charge in [-0.1, -0.05) is 18.9 Å². The van der Waals surface area contributed by atoms with Crippen LogP contribution < -0.4 is 0 Å². The Labute approximate surface area is 136 Å². The summed E-state index contributed by atoms with van der Waals surface area (Å²) in [5.74, 6) is -1.59. The fourth-order valence-electron chi connectivity index (χ4n) is 3.41. The molecule has 0 aliphatic heterocycles. The summed E-state index contributed by atoms with van der Waals surface area (Å²) in [6, 6.07) is 3.19. The van der Waals surface area contributed by atoms with E-state index in [4.69, 9.17) is 0 Å². The second-order valence-electron chi connectivity index (χ2n) is 6.31. The molecule has 1 N–H and O–H groups in total. The summed E-state index contributed by atoms with van der Waals surface area (Å²) in [7, 11) is -1.52. The number of hydrogen-bond donors (Lipinski definition) is 1. The highest BCUT2D eigenvalue weighted by Crippen LogP contribution is 2.29. The summed E-state index contributed by atoms with van der Waals surface area (Å²) >= 11 is 0. The predicted molar refractivity (Wildman–Crippen MR) is 84.8 cm³/mol. The molecule has 7 heteroatoms. The third kappa shape index (κ3) is 4.28. The second-order valence-corrected chi connectivity index (χ2v) is 8.58. The van der Waals surface area contributed by atoms with Gasteiger partial charge in [-0.05, 0) is 32.0 Å². The van der Waals surface area contributed by atoms with Gasteiger partial charge in [-0.15, -0.1) is 0 Å². The minimum atomic E-state index is -3.21. The lowest BCUT2D eigenvalue weighted by Gasteiger charge is -2.37. The van der Waals surface area contributed by atoms with Gasteiger partial charge in [0.25, 0.3) is 0 Å². The highest BCUT2D eigenvalue weighted by atomic mass is 32.2. The number of benzene rings is 1. The number of nitrogens with zero attached hydrogens (tertiary/aromatic N) is 1. The standard InChI is InChI=1S/C16H23F2NO3S/c1-19(13-8-3-4-9-15(13)23(2,21)22)10-14(20)16-11(17)6-5-7-12(16)18/h5-7,13-15,20H,3-4,8-10H2,1-2H3. The van der Waals surface area contributed by atoms with Gasteiger partial charge in [-0.2, -0.15) is 0 Å². The number of sulfone groups is 1. The third-order valence-electron chi connectivity index (χ3n) is 4.58. The first kappa shape index (κ1) is 18.3. The number of aliphatic hydroxyl groups excluding tert-OH is 1. The molecule has 0 spiro atoms. The van der Waals surface area contributed by atoms with Crippen LogP contribution in [0.3, 0.4) is 0 Å². The van der Waals surface area contributed by atoms with E-state index in [0.29, 0.717) is 12.8 Å². The van der Waals surface area contributed by atoms with Gasteiger partial charge in [0.15, 0.2) is 9.84 Å². The van der Waals surface area contributed by atoms with E-state index in [2.05, 4.69) is 0 Å². The van der Waals surface area contributed by atoms with Crippen molar-refractivity contribution >= 4 is 9.84 Å². The van der Waals surface area contributed by atoms with Crippen LogP contribution in [0.1, 0.15) is 37.4 Å². The summed E-state index contributed by atoms with van der Waals surface area (Å²) in [6.45, 7) is -0.0193. The van der Waals surface area contributed by atoms with Crippen LogP contribution in [0.15, 0.2) is 18.2 Å². The summed E-state index contributed by atoms with van der Waals surface area (Å²) in [5.41, 5.74) is -0.369. The number of aliphatic hydroxyl groups is 1. The molecule has 3 atom stereocenters. The van der Waals surface area contributed by atoms with Crippen LogP contribution in [-0.4, -0.2) is 49.6 Å². The SMILES string of the molecule is CN(CC(O)c1c(F)cccc1F)C1CCCCC1S(C)(=O)=O. The van der Waals surface area contributed by atoms with E-state index in [-0.39, 0.29) is 18.2 Å². The molecule has 2 rings (SSSR count). The maximum atomic E-state index is 13.7. The van der Waals surface area contributed by atoms with Crippen molar-refractivity contribution in [2.24, 2.45) is 0 Å². The maximum Gasteiger partial charge on any atom is 0.151 e. The lowest BCUT2D eigenvalue weighted by atomic mass is 9.93. The molecule has 0 heterocycles. The molecule has 23 heavy (non-hydrogen) atoms. The highest BCUT2D eigenvalue weighted by molar-refractivity contribution is 7.91. The van der Waals surface area contributed by atoms with Crippen molar-refractivity contribution in [2.45, 2.75) is 43.1 Å². The number of hydrogen-bond acceptors (Lipinski definition) is 4. The van der Waals surface area contributed by atoms with Gasteiger partial charge < -0.3 is 5.11 Å². The number of halogens is 2. The quantitative estimate of drug-likeness (QED) is 0.888. The molecule has 0 radical (unpaired) electrons. The molecule has 0 aromatic heterocycles. The van der Waals surface area contributed by atoms with Gasteiger partial charge in [0.2, 0.25) is 0 Å². The molecule has 1 aliphatic rings. The Kier molecular flexibility index (Phi) is 5.75. The average Bonchev–Trinajstić information content (AvgIpc) is 2.46. The first-order valence-electron chi connectivity index (χ1n) is 7.73. The fourth-order valence-corrected chi connectivity index (χ4v) is 4.92. The first-order valence-corrected chi connectivity index (χ1v) is 9.68. The van der Waals surface area contributed by atoms with Crippen molar-refractivity contribution < 1.29 is 22.3 Å². The molecule has 1 aromatic rings. The Morgan fingerprint density at radius 1 is 1.26 bits per heavy atom. The van der Waals surface area contributed by atoms with E-state index in [1.165, 1.54) is 12.3 Å². The van der Waals surface area contributed by atoms with Crippen LogP contribution in [0.5, 0.6) is 0 Å². The van der Waals surface area contributed by atoms with E-state index >= 15 is 0 Å². The molecule has 1 saturated carbocycles. The van der Waals surface area contributed by atoms with Crippen molar-refractivity contribution in [2.75, 3.05) is 19.8 Å². The van der Waals surface area contributed by atoms with Crippen LogP contribution in [0.2, 0.25) is 0 Å². The van der Waals surface area contributed by atoms with Crippen molar-refractivity contribution in [1.29, 1.82) is 0 Å². The molecule has 0 saturated heterocycles. The van der Waals surface area contributed by atoms with Crippen molar-refractivity contribution in [3.05, 3.63) is 35.4 Å². The van der Waals surface area contributed by atoms with Crippen molar-refractivity contribution in [3.8, 4) is 0 Å². The van der Waals surface area contributed by atoms with Crippen LogP contribution in [0, 0.1) is 11.6 Å². The summed E-state index contributed by atoms with van der Waals surface area (Å²) < 4.78 is 51.4. The molecule has 130 valence electrons. The smallest absolute Gasteiger partial charge is 0.151 e. The number of likely N-dealkylation sites (N-methyl/N-ethyl adjacent to an activating group) is 1. The molecule has 4 nitrogen and oxygen atoms in total. The highest BCUT2D eigenvalue weighted by Gasteiger charge is 2.36. The summed E-state index contributed by atoms with van der Waals surface area (Å²) in [6.07, 6.45) is 2.91. The maximum absolute atomic E-state index is 13.7. The van der Waals surface area contributed by atoms with Gasteiger partial charge in [-0.3, -0.25) is 4.90 Å². The van der Waals surface area contributed by atoms with Gasteiger partial charge in [0, 0.05) is 18.8 Å². The van der Waals surface area contributed by atoms with E-state index in [0.717, 1.165) is 25.0 Å². The lowest BCUT2D eigenvalue weighted by molar-refractivity contribution is 0.0876. The molecule has 1 aliphatic carbocycles. The van der Waals surface area contributed by atoms with Crippen molar-refractivity contribution in [3.63, 3.8) is 0 Å². The second kappa shape index (κ2) is 7.23. The van der Waals surface area contributed by atoms with Gasteiger partial charge >= 0.3 is 0 Å². The minimum Gasteiger partial charge on any atom is -0.387 e. The third-order valence-corrected chi connectivity index (χ3v) is 6.23. The largest absolute Gasteiger partial charge is 0.387 e. The van der Waals surface area contributed by atoms with Crippen LogP contribution >= 0.6 is 0 Å². The zero-order chi connectivity index (χ0) is 17.2. The first-order chi connectivity index (χ1) is 10.7. The summed E-state index contributed by atoms with van der Waals surface area (Å²) in [5, 5.41) is 9.70. The Morgan fingerprint density at radius 2 is 1.83 bits per heavy atom. The molecule has 3 unspecified atom stereocenters. The summed E-state index contributed by atoms with van der Waals surface area (Å²) in [4.78, 5) is 1.71. The van der Waals surface area contributed by atoms with E-state index in [1.54, 1.807) is 11.9 Å². The average molecular weight is 347 g/mol.